The van der Waals surface area contributed by atoms with Crippen LogP contribution in [0.4, 0.5) is 0 Å². The lowest BCUT2D eigenvalue weighted by Crippen LogP contribution is -2.30. The summed E-state index contributed by atoms with van der Waals surface area (Å²) in [6.45, 7) is 6.61. The third-order valence-corrected chi connectivity index (χ3v) is 3.84. The predicted octanol–water partition coefficient (Wildman–Crippen LogP) is 3.55. The van der Waals surface area contributed by atoms with Crippen molar-refractivity contribution >= 4 is 7.82 Å². The van der Waals surface area contributed by atoms with Gasteiger partial charge in [0.1, 0.15) is 5.75 Å². The molecule has 0 aromatic heterocycles. The highest BCUT2D eigenvalue weighted by Gasteiger charge is 2.39. The molecule has 0 aliphatic carbocycles. The SMILES string of the molecule is Cc1ccccc1OP1(=O)OCC(C)(C)CO1. The van der Waals surface area contributed by atoms with E-state index in [1.807, 2.05) is 39.0 Å². The summed E-state index contributed by atoms with van der Waals surface area (Å²) in [5, 5.41) is 0. The molecule has 4 nitrogen and oxygen atoms in total. The molecule has 1 saturated heterocycles. The van der Waals surface area contributed by atoms with Crippen molar-refractivity contribution in [3.63, 3.8) is 0 Å². The monoisotopic (exact) mass is 256 g/mol. The van der Waals surface area contributed by atoms with E-state index in [1.54, 1.807) is 6.07 Å². The maximum absolute atomic E-state index is 12.2. The summed E-state index contributed by atoms with van der Waals surface area (Å²) in [6.07, 6.45) is 0. The van der Waals surface area contributed by atoms with Gasteiger partial charge in [-0.15, -0.1) is 0 Å². The first-order valence-electron chi connectivity index (χ1n) is 5.55. The molecule has 0 amide bonds. The highest BCUT2D eigenvalue weighted by atomic mass is 31.2. The second-order valence-corrected chi connectivity index (χ2v) is 6.61. The first-order valence-corrected chi connectivity index (χ1v) is 7.01. The van der Waals surface area contributed by atoms with Gasteiger partial charge in [0.2, 0.25) is 0 Å². The Labute approximate surface area is 102 Å². The van der Waals surface area contributed by atoms with E-state index in [2.05, 4.69) is 0 Å². The lowest BCUT2D eigenvalue weighted by atomic mass is 9.97. The molecule has 17 heavy (non-hydrogen) atoms. The molecule has 94 valence electrons. The van der Waals surface area contributed by atoms with Crippen LogP contribution in [0.3, 0.4) is 0 Å². The maximum atomic E-state index is 12.2. The zero-order chi connectivity index (χ0) is 12.5. The Morgan fingerprint density at radius 2 is 1.82 bits per heavy atom. The van der Waals surface area contributed by atoms with Crippen molar-refractivity contribution in [1.82, 2.24) is 0 Å². The summed E-state index contributed by atoms with van der Waals surface area (Å²) in [7, 11) is -3.44. The van der Waals surface area contributed by atoms with E-state index >= 15 is 0 Å². The number of aryl methyl sites for hydroxylation is 1. The quantitative estimate of drug-likeness (QED) is 0.759. The fraction of sp³-hybridized carbons (Fsp3) is 0.500. The van der Waals surface area contributed by atoms with Gasteiger partial charge in [0.15, 0.2) is 0 Å². The van der Waals surface area contributed by atoms with Crippen molar-refractivity contribution in [3.05, 3.63) is 29.8 Å². The second-order valence-electron chi connectivity index (χ2n) is 5.02. The van der Waals surface area contributed by atoms with Crippen LogP contribution in [-0.2, 0) is 13.6 Å². The molecule has 1 aromatic carbocycles. The minimum atomic E-state index is -3.44. The Bertz CT molecular complexity index is 442. The van der Waals surface area contributed by atoms with Crippen LogP contribution in [0.2, 0.25) is 0 Å². The predicted molar refractivity (Wildman–Crippen MR) is 65.1 cm³/mol. The van der Waals surface area contributed by atoms with Crippen LogP contribution in [0, 0.1) is 12.3 Å². The maximum Gasteiger partial charge on any atom is 0.530 e. The summed E-state index contributed by atoms with van der Waals surface area (Å²) in [6, 6.07) is 7.35. The topological polar surface area (TPSA) is 44.8 Å². The first kappa shape index (κ1) is 12.6. The summed E-state index contributed by atoms with van der Waals surface area (Å²) < 4.78 is 28.1. The largest absolute Gasteiger partial charge is 0.530 e. The Balaban J connectivity index is 2.10. The molecule has 1 aromatic rings. The van der Waals surface area contributed by atoms with E-state index < -0.39 is 7.82 Å². The van der Waals surface area contributed by atoms with Gasteiger partial charge in [-0.3, -0.25) is 9.05 Å². The van der Waals surface area contributed by atoms with Gasteiger partial charge in [-0.1, -0.05) is 32.0 Å². The number of para-hydroxylation sites is 1. The molecule has 1 aliphatic rings. The van der Waals surface area contributed by atoms with Gasteiger partial charge in [0.05, 0.1) is 13.2 Å². The summed E-state index contributed by atoms with van der Waals surface area (Å²) in [5.74, 6) is 0.538. The first-order chi connectivity index (χ1) is 7.90. The van der Waals surface area contributed by atoms with Crippen LogP contribution < -0.4 is 4.52 Å². The van der Waals surface area contributed by atoms with E-state index in [4.69, 9.17) is 13.6 Å². The van der Waals surface area contributed by atoms with Gasteiger partial charge in [-0.2, -0.15) is 0 Å². The van der Waals surface area contributed by atoms with Crippen LogP contribution in [0.15, 0.2) is 24.3 Å². The third kappa shape index (κ3) is 3.09. The molecule has 0 N–H and O–H groups in total. The van der Waals surface area contributed by atoms with E-state index in [9.17, 15) is 4.57 Å². The minimum absolute atomic E-state index is 0.122. The molecule has 0 bridgehead atoms. The molecule has 0 atom stereocenters. The fourth-order valence-electron chi connectivity index (χ4n) is 1.42. The zero-order valence-corrected chi connectivity index (χ0v) is 11.2. The lowest BCUT2D eigenvalue weighted by Gasteiger charge is -2.33. The van der Waals surface area contributed by atoms with Crippen molar-refractivity contribution in [2.24, 2.45) is 5.41 Å². The van der Waals surface area contributed by atoms with Crippen LogP contribution >= 0.6 is 7.82 Å². The molecular formula is C12H17O4P. The lowest BCUT2D eigenvalue weighted by molar-refractivity contribution is 0.0181. The zero-order valence-electron chi connectivity index (χ0n) is 10.3. The number of phosphoric ester groups is 1. The van der Waals surface area contributed by atoms with Gasteiger partial charge in [-0.25, -0.2) is 4.57 Å². The van der Waals surface area contributed by atoms with E-state index in [-0.39, 0.29) is 5.41 Å². The minimum Gasteiger partial charge on any atom is -0.404 e. The van der Waals surface area contributed by atoms with Crippen molar-refractivity contribution in [3.8, 4) is 5.75 Å². The molecule has 0 spiro atoms. The molecule has 2 rings (SSSR count). The molecule has 0 unspecified atom stereocenters. The molecular weight excluding hydrogens is 239 g/mol. The Morgan fingerprint density at radius 3 is 2.41 bits per heavy atom. The van der Waals surface area contributed by atoms with Gasteiger partial charge in [0, 0.05) is 5.41 Å². The van der Waals surface area contributed by atoms with E-state index in [0.717, 1.165) is 5.56 Å². The van der Waals surface area contributed by atoms with E-state index in [1.165, 1.54) is 0 Å². The smallest absolute Gasteiger partial charge is 0.404 e. The Morgan fingerprint density at radius 1 is 1.24 bits per heavy atom. The standard InChI is InChI=1S/C12H17O4P/c1-10-6-4-5-7-11(10)16-17(13)14-8-12(2,3)9-15-17/h4-7H,8-9H2,1-3H3. The molecule has 0 saturated carbocycles. The van der Waals surface area contributed by atoms with Crippen molar-refractivity contribution < 1.29 is 18.1 Å². The van der Waals surface area contributed by atoms with E-state index in [0.29, 0.717) is 19.0 Å². The fourth-order valence-corrected chi connectivity index (χ4v) is 3.06. The van der Waals surface area contributed by atoms with Crippen LogP contribution in [-0.4, -0.2) is 13.2 Å². The Hall–Kier alpha value is -0.830. The summed E-state index contributed by atoms with van der Waals surface area (Å²) in [5.41, 5.74) is 0.781. The number of benzene rings is 1. The molecule has 0 radical (unpaired) electrons. The third-order valence-electron chi connectivity index (χ3n) is 2.53. The Kier molecular flexibility index (Phi) is 3.30. The summed E-state index contributed by atoms with van der Waals surface area (Å²) >= 11 is 0. The van der Waals surface area contributed by atoms with Crippen LogP contribution in [0.1, 0.15) is 19.4 Å². The van der Waals surface area contributed by atoms with Crippen LogP contribution in [0.25, 0.3) is 0 Å². The van der Waals surface area contributed by atoms with Gasteiger partial charge in [0.25, 0.3) is 0 Å². The molecule has 1 fully saturated rings. The number of phosphoric acid groups is 1. The molecule has 1 heterocycles. The van der Waals surface area contributed by atoms with Crippen molar-refractivity contribution in [1.29, 1.82) is 0 Å². The average Bonchev–Trinajstić information content (AvgIpc) is 2.27. The number of hydrogen-bond acceptors (Lipinski definition) is 4. The average molecular weight is 256 g/mol. The normalized spacial score (nSPS) is 22.1. The summed E-state index contributed by atoms with van der Waals surface area (Å²) in [4.78, 5) is 0. The van der Waals surface area contributed by atoms with Gasteiger partial charge >= 0.3 is 7.82 Å². The highest BCUT2D eigenvalue weighted by Crippen LogP contribution is 2.54. The van der Waals surface area contributed by atoms with Gasteiger partial charge < -0.3 is 4.52 Å². The highest BCUT2D eigenvalue weighted by molar-refractivity contribution is 7.49. The van der Waals surface area contributed by atoms with Crippen LogP contribution in [0.5, 0.6) is 5.75 Å². The molecule has 1 aliphatic heterocycles. The molecule has 5 heteroatoms. The number of hydrogen-bond donors (Lipinski definition) is 0. The number of rotatable bonds is 2. The second kappa shape index (κ2) is 4.45. The van der Waals surface area contributed by atoms with Crippen molar-refractivity contribution in [2.45, 2.75) is 20.8 Å². The van der Waals surface area contributed by atoms with Crippen molar-refractivity contribution in [2.75, 3.05) is 13.2 Å². The van der Waals surface area contributed by atoms with Gasteiger partial charge in [-0.05, 0) is 18.6 Å².